The second-order valence-corrected chi connectivity index (χ2v) is 7.51. The lowest BCUT2D eigenvalue weighted by Gasteiger charge is -2.37. The van der Waals surface area contributed by atoms with Crippen LogP contribution in [-0.2, 0) is 4.79 Å². The van der Waals surface area contributed by atoms with Crippen molar-refractivity contribution in [3.8, 4) is 0 Å². The molecule has 6 heteroatoms. The monoisotopic (exact) mass is 300 g/mol. The first-order valence-electron chi connectivity index (χ1n) is 7.48. The molecule has 1 rings (SSSR count). The third kappa shape index (κ3) is 6.33. The number of urea groups is 1. The Bertz CT molecular complexity index is 388. The number of aliphatic carboxylic acids is 1. The minimum Gasteiger partial charge on any atom is -0.481 e. The molecule has 2 unspecified atom stereocenters. The molecular formula is C15H28N2O4. The van der Waals surface area contributed by atoms with E-state index in [0.717, 1.165) is 6.42 Å². The number of likely N-dealkylation sites (tertiary alicyclic amines) is 1. The number of piperidine rings is 1. The molecule has 0 aromatic heterocycles. The zero-order chi connectivity index (χ0) is 16.3. The number of aliphatic hydroxyl groups is 1. The van der Waals surface area contributed by atoms with Gasteiger partial charge in [-0.3, -0.25) is 4.79 Å². The lowest BCUT2D eigenvalue weighted by atomic mass is 9.84. The van der Waals surface area contributed by atoms with Crippen LogP contribution in [-0.4, -0.2) is 52.3 Å². The molecule has 0 bridgehead atoms. The molecule has 122 valence electrons. The number of nitrogens with zero attached hydrogens (tertiary/aromatic N) is 1. The largest absolute Gasteiger partial charge is 0.481 e. The molecule has 2 amide bonds. The number of carboxylic acids is 1. The summed E-state index contributed by atoms with van der Waals surface area (Å²) in [5.41, 5.74) is -0.963. The molecule has 0 radical (unpaired) electrons. The maximum Gasteiger partial charge on any atom is 0.317 e. The van der Waals surface area contributed by atoms with Crippen molar-refractivity contribution in [2.45, 2.75) is 52.6 Å². The molecule has 0 aromatic rings. The molecule has 6 nitrogen and oxygen atoms in total. The van der Waals surface area contributed by atoms with E-state index in [-0.39, 0.29) is 24.5 Å². The lowest BCUT2D eigenvalue weighted by Crippen LogP contribution is -2.52. The van der Waals surface area contributed by atoms with Gasteiger partial charge < -0.3 is 20.4 Å². The first kappa shape index (κ1) is 17.8. The molecule has 21 heavy (non-hydrogen) atoms. The summed E-state index contributed by atoms with van der Waals surface area (Å²) in [5, 5.41) is 21.9. The molecule has 1 heterocycles. The number of rotatable bonds is 4. The predicted molar refractivity (Wildman–Crippen MR) is 80.0 cm³/mol. The second kappa shape index (κ2) is 6.64. The number of nitrogens with one attached hydrogen (secondary N) is 1. The van der Waals surface area contributed by atoms with Gasteiger partial charge in [0.2, 0.25) is 0 Å². The van der Waals surface area contributed by atoms with Crippen LogP contribution in [0.15, 0.2) is 0 Å². The van der Waals surface area contributed by atoms with Crippen molar-refractivity contribution in [1.29, 1.82) is 0 Å². The number of hydrogen-bond donors (Lipinski definition) is 3. The summed E-state index contributed by atoms with van der Waals surface area (Å²) < 4.78 is 0. The smallest absolute Gasteiger partial charge is 0.317 e. The summed E-state index contributed by atoms with van der Waals surface area (Å²) in [6.45, 7) is 8.65. The summed E-state index contributed by atoms with van der Waals surface area (Å²) in [4.78, 5) is 24.9. The average Bonchev–Trinajstić information content (AvgIpc) is 2.31. The van der Waals surface area contributed by atoms with E-state index in [2.05, 4.69) is 5.32 Å². The first-order valence-corrected chi connectivity index (χ1v) is 7.48. The standard InChI is InChI=1S/C15H28N2O4/c1-14(2,3)8-11(12(18)19)9-16-13(20)17-7-5-6-15(4,21)10-17/h11,21H,5-10H2,1-4H3,(H,16,20)(H,18,19). The Morgan fingerprint density at radius 1 is 1.38 bits per heavy atom. The SMILES string of the molecule is CC(C)(C)CC(CNC(=O)N1CCCC(C)(O)C1)C(=O)O. The van der Waals surface area contributed by atoms with E-state index in [4.69, 9.17) is 0 Å². The molecule has 0 aromatic carbocycles. The van der Waals surface area contributed by atoms with Crippen LogP contribution in [0.1, 0.15) is 47.0 Å². The van der Waals surface area contributed by atoms with Crippen LogP contribution in [0.4, 0.5) is 4.79 Å². The normalized spacial score (nSPS) is 24.5. The molecule has 1 aliphatic rings. The summed E-state index contributed by atoms with van der Waals surface area (Å²) in [6, 6.07) is -0.296. The lowest BCUT2D eigenvalue weighted by molar-refractivity contribution is -0.142. The van der Waals surface area contributed by atoms with Gasteiger partial charge in [0.25, 0.3) is 0 Å². The van der Waals surface area contributed by atoms with Crippen molar-refractivity contribution in [2.75, 3.05) is 19.6 Å². The van der Waals surface area contributed by atoms with Crippen LogP contribution >= 0.6 is 0 Å². The van der Waals surface area contributed by atoms with E-state index in [9.17, 15) is 19.8 Å². The minimum atomic E-state index is -0.893. The van der Waals surface area contributed by atoms with Crippen LogP contribution in [0, 0.1) is 11.3 Å². The predicted octanol–water partition coefficient (Wildman–Crippen LogP) is 1.68. The van der Waals surface area contributed by atoms with Gasteiger partial charge in [0, 0.05) is 13.1 Å². The number of carboxylic acid groups (broad SMARTS) is 1. The zero-order valence-corrected chi connectivity index (χ0v) is 13.5. The molecule has 1 saturated heterocycles. The second-order valence-electron chi connectivity index (χ2n) is 7.51. The van der Waals surface area contributed by atoms with Gasteiger partial charge >= 0.3 is 12.0 Å². The maximum absolute atomic E-state index is 12.1. The molecule has 3 N–H and O–H groups in total. The molecule has 1 fully saturated rings. The number of amides is 2. The highest BCUT2D eigenvalue weighted by Crippen LogP contribution is 2.24. The number of carbonyl (C=O) groups is 2. The van der Waals surface area contributed by atoms with E-state index in [1.54, 1.807) is 11.8 Å². The fraction of sp³-hybridized carbons (Fsp3) is 0.867. The molecule has 1 aliphatic heterocycles. The summed E-state index contributed by atoms with van der Waals surface area (Å²) in [7, 11) is 0. The van der Waals surface area contributed by atoms with Crippen LogP contribution in [0.2, 0.25) is 0 Å². The van der Waals surface area contributed by atoms with E-state index in [0.29, 0.717) is 19.4 Å². The summed E-state index contributed by atoms with van der Waals surface area (Å²) in [6.07, 6.45) is 1.93. The first-order chi connectivity index (χ1) is 9.50. The molecular weight excluding hydrogens is 272 g/mol. The maximum atomic E-state index is 12.1. The van der Waals surface area contributed by atoms with Crippen molar-refractivity contribution in [2.24, 2.45) is 11.3 Å². The third-order valence-electron chi connectivity index (χ3n) is 3.67. The van der Waals surface area contributed by atoms with Crippen LogP contribution in [0.5, 0.6) is 0 Å². The van der Waals surface area contributed by atoms with Gasteiger partial charge in [0.15, 0.2) is 0 Å². The Hall–Kier alpha value is -1.30. The molecule has 0 spiro atoms. The molecule has 0 aliphatic carbocycles. The van der Waals surface area contributed by atoms with Crippen molar-refractivity contribution >= 4 is 12.0 Å². The van der Waals surface area contributed by atoms with Crippen molar-refractivity contribution < 1.29 is 19.8 Å². The Morgan fingerprint density at radius 2 is 2.00 bits per heavy atom. The fourth-order valence-electron chi connectivity index (χ4n) is 2.70. The van der Waals surface area contributed by atoms with E-state index >= 15 is 0 Å². The van der Waals surface area contributed by atoms with Crippen molar-refractivity contribution in [3.63, 3.8) is 0 Å². The van der Waals surface area contributed by atoms with Crippen molar-refractivity contribution in [3.05, 3.63) is 0 Å². The average molecular weight is 300 g/mol. The highest BCUT2D eigenvalue weighted by molar-refractivity contribution is 5.76. The van der Waals surface area contributed by atoms with E-state index < -0.39 is 17.5 Å². The van der Waals surface area contributed by atoms with E-state index in [1.807, 2.05) is 20.8 Å². The topological polar surface area (TPSA) is 89.9 Å². The third-order valence-corrected chi connectivity index (χ3v) is 3.67. The quantitative estimate of drug-likeness (QED) is 0.737. The van der Waals surface area contributed by atoms with Crippen LogP contribution < -0.4 is 5.32 Å². The number of β-amino-alcohol motifs (C(OH)–C–C–N with tert-alkyl or cyclic N) is 1. The van der Waals surface area contributed by atoms with Gasteiger partial charge in [-0.05, 0) is 31.6 Å². The van der Waals surface area contributed by atoms with Gasteiger partial charge in [-0.15, -0.1) is 0 Å². The van der Waals surface area contributed by atoms with Gasteiger partial charge in [0.1, 0.15) is 0 Å². The highest BCUT2D eigenvalue weighted by atomic mass is 16.4. The highest BCUT2D eigenvalue weighted by Gasteiger charge is 2.32. The van der Waals surface area contributed by atoms with Crippen molar-refractivity contribution in [1.82, 2.24) is 10.2 Å². The summed E-state index contributed by atoms with van der Waals surface area (Å²) >= 11 is 0. The summed E-state index contributed by atoms with van der Waals surface area (Å²) in [5.74, 6) is -1.49. The molecule has 2 atom stereocenters. The van der Waals surface area contributed by atoms with E-state index in [1.165, 1.54) is 0 Å². The fourth-order valence-corrected chi connectivity index (χ4v) is 2.70. The Kier molecular flexibility index (Phi) is 5.61. The van der Waals surface area contributed by atoms with Crippen LogP contribution in [0.25, 0.3) is 0 Å². The Morgan fingerprint density at radius 3 is 2.48 bits per heavy atom. The van der Waals surface area contributed by atoms with Gasteiger partial charge in [-0.25, -0.2) is 4.79 Å². The number of carbonyl (C=O) groups excluding carboxylic acids is 1. The Labute approximate surface area is 126 Å². The number of hydrogen-bond acceptors (Lipinski definition) is 3. The molecule has 0 saturated carbocycles. The van der Waals surface area contributed by atoms with Gasteiger partial charge in [-0.1, -0.05) is 20.8 Å². The van der Waals surface area contributed by atoms with Gasteiger partial charge in [-0.2, -0.15) is 0 Å². The van der Waals surface area contributed by atoms with Crippen LogP contribution in [0.3, 0.4) is 0 Å². The zero-order valence-electron chi connectivity index (χ0n) is 13.5. The minimum absolute atomic E-state index is 0.109. The Balaban J connectivity index is 2.52. The van der Waals surface area contributed by atoms with Gasteiger partial charge in [0.05, 0.1) is 18.1 Å².